The highest BCUT2D eigenvalue weighted by atomic mass is 35.5. The number of benzene rings is 2. The summed E-state index contributed by atoms with van der Waals surface area (Å²) in [6, 6.07) is 14.2. The normalized spacial score (nSPS) is 10.7. The number of hydrogen-bond donors (Lipinski definition) is 0. The van der Waals surface area contributed by atoms with E-state index in [0.717, 1.165) is 10.3 Å². The zero-order valence-electron chi connectivity index (χ0n) is 17.4. The molecule has 0 saturated carbocycles. The van der Waals surface area contributed by atoms with E-state index in [4.69, 9.17) is 30.8 Å². The van der Waals surface area contributed by atoms with Crippen LogP contribution in [0.4, 0.5) is 5.13 Å². The molecule has 9 heteroatoms. The molecule has 0 fully saturated rings. The van der Waals surface area contributed by atoms with E-state index in [-0.39, 0.29) is 12.5 Å². The van der Waals surface area contributed by atoms with E-state index in [0.29, 0.717) is 39.5 Å². The first kappa shape index (κ1) is 21.9. The number of rotatable bonds is 8. The summed E-state index contributed by atoms with van der Waals surface area (Å²) in [6.07, 6.45) is 3.40. The van der Waals surface area contributed by atoms with Crippen molar-refractivity contribution in [3.63, 3.8) is 0 Å². The fourth-order valence-electron chi connectivity index (χ4n) is 3.08. The van der Waals surface area contributed by atoms with Gasteiger partial charge in [0.05, 0.1) is 20.8 Å². The van der Waals surface area contributed by atoms with Crippen LogP contribution in [-0.2, 0) is 11.3 Å². The second kappa shape index (κ2) is 9.84. The minimum atomic E-state index is -0.249. The van der Waals surface area contributed by atoms with Crippen LogP contribution in [-0.4, -0.2) is 36.7 Å². The van der Waals surface area contributed by atoms with Gasteiger partial charge in [-0.3, -0.25) is 14.7 Å². The minimum Gasteiger partial charge on any atom is -0.495 e. The van der Waals surface area contributed by atoms with Gasteiger partial charge < -0.3 is 14.2 Å². The third kappa shape index (κ3) is 4.76. The molecule has 4 rings (SSSR count). The summed E-state index contributed by atoms with van der Waals surface area (Å²) in [7, 11) is 3.18. The molecule has 0 atom stereocenters. The van der Waals surface area contributed by atoms with Gasteiger partial charge in [-0.15, -0.1) is 0 Å². The lowest BCUT2D eigenvalue weighted by Crippen LogP contribution is -2.34. The molecule has 32 heavy (non-hydrogen) atoms. The average Bonchev–Trinajstić information content (AvgIpc) is 3.27. The maximum atomic E-state index is 13.2. The maximum Gasteiger partial charge on any atom is 0.267 e. The molecule has 2 aromatic carbocycles. The van der Waals surface area contributed by atoms with Crippen molar-refractivity contribution in [3.8, 4) is 17.2 Å². The van der Waals surface area contributed by atoms with Gasteiger partial charge in [0, 0.05) is 17.4 Å². The molecule has 2 heterocycles. The van der Waals surface area contributed by atoms with Crippen molar-refractivity contribution in [1.29, 1.82) is 0 Å². The van der Waals surface area contributed by atoms with Crippen LogP contribution in [0.5, 0.6) is 17.2 Å². The number of nitrogens with zero attached hydrogens (tertiary/aromatic N) is 3. The lowest BCUT2D eigenvalue weighted by molar-refractivity contribution is -0.120. The van der Waals surface area contributed by atoms with E-state index >= 15 is 0 Å². The number of ether oxygens (including phenoxy) is 3. The quantitative estimate of drug-likeness (QED) is 0.362. The molecule has 0 bridgehead atoms. The van der Waals surface area contributed by atoms with Crippen LogP contribution in [0.3, 0.4) is 0 Å². The average molecular weight is 470 g/mol. The smallest absolute Gasteiger partial charge is 0.267 e. The van der Waals surface area contributed by atoms with Crippen LogP contribution >= 0.6 is 22.9 Å². The Balaban J connectivity index is 1.67. The van der Waals surface area contributed by atoms with Crippen LogP contribution in [0, 0.1) is 0 Å². The van der Waals surface area contributed by atoms with Crippen molar-refractivity contribution < 1.29 is 19.0 Å². The molecule has 0 spiro atoms. The fraction of sp³-hybridized carbons (Fsp3) is 0.174. The summed E-state index contributed by atoms with van der Waals surface area (Å²) in [5, 5.41) is 1.11. The lowest BCUT2D eigenvalue weighted by Gasteiger charge is -2.20. The first-order chi connectivity index (χ1) is 15.6. The van der Waals surface area contributed by atoms with E-state index in [1.54, 1.807) is 61.8 Å². The maximum absolute atomic E-state index is 13.2. The number of amides is 1. The van der Waals surface area contributed by atoms with Crippen molar-refractivity contribution in [2.24, 2.45) is 0 Å². The molecular weight excluding hydrogens is 450 g/mol. The van der Waals surface area contributed by atoms with Gasteiger partial charge in [0.25, 0.3) is 5.91 Å². The zero-order valence-corrected chi connectivity index (χ0v) is 19.0. The second-order valence-electron chi connectivity index (χ2n) is 6.73. The molecule has 0 aliphatic rings. The Labute approximate surface area is 194 Å². The van der Waals surface area contributed by atoms with Crippen LogP contribution in [0.15, 0.2) is 60.9 Å². The number of thiazole rings is 1. The summed E-state index contributed by atoms with van der Waals surface area (Å²) in [4.78, 5) is 23.7. The van der Waals surface area contributed by atoms with Crippen molar-refractivity contribution >= 4 is 44.2 Å². The summed E-state index contributed by atoms with van der Waals surface area (Å²) in [5.41, 5.74) is 1.50. The van der Waals surface area contributed by atoms with Crippen LogP contribution < -0.4 is 19.1 Å². The monoisotopic (exact) mass is 469 g/mol. The predicted octanol–water partition coefficient (Wildman–Crippen LogP) is 4.97. The van der Waals surface area contributed by atoms with E-state index in [2.05, 4.69) is 4.98 Å². The van der Waals surface area contributed by atoms with Crippen molar-refractivity contribution in [2.45, 2.75) is 6.54 Å². The number of halogens is 1. The van der Waals surface area contributed by atoms with Crippen molar-refractivity contribution in [1.82, 2.24) is 9.97 Å². The van der Waals surface area contributed by atoms with Crippen molar-refractivity contribution in [3.05, 3.63) is 71.5 Å². The molecular formula is C23H20ClN3O4S. The van der Waals surface area contributed by atoms with Crippen molar-refractivity contribution in [2.75, 3.05) is 25.7 Å². The van der Waals surface area contributed by atoms with E-state index in [9.17, 15) is 4.79 Å². The van der Waals surface area contributed by atoms with E-state index < -0.39 is 0 Å². The number of hydrogen-bond acceptors (Lipinski definition) is 7. The van der Waals surface area contributed by atoms with Gasteiger partial charge in [0.1, 0.15) is 27.5 Å². The lowest BCUT2D eigenvalue weighted by atomic mass is 10.2. The topological polar surface area (TPSA) is 73.8 Å². The summed E-state index contributed by atoms with van der Waals surface area (Å²) in [6.45, 7) is 0.132. The SMILES string of the molecule is COc1ccc(OC)c2sc(N(Cc3cccnc3)C(=O)COc3ccc(Cl)cc3)nc12. The molecule has 0 unspecified atom stereocenters. The third-order valence-corrected chi connectivity index (χ3v) is 6.02. The Morgan fingerprint density at radius 3 is 2.50 bits per heavy atom. The molecule has 0 radical (unpaired) electrons. The van der Waals surface area contributed by atoms with Crippen LogP contribution in [0.2, 0.25) is 5.02 Å². The van der Waals surface area contributed by atoms with Gasteiger partial charge in [0.15, 0.2) is 11.7 Å². The first-order valence-electron chi connectivity index (χ1n) is 9.68. The molecule has 1 amide bonds. The predicted molar refractivity (Wildman–Crippen MR) is 125 cm³/mol. The highest BCUT2D eigenvalue weighted by molar-refractivity contribution is 7.22. The number of anilines is 1. The Kier molecular flexibility index (Phi) is 6.72. The molecule has 0 aliphatic carbocycles. The summed E-state index contributed by atoms with van der Waals surface area (Å²) >= 11 is 7.27. The number of fused-ring (bicyclic) bond motifs is 1. The van der Waals surface area contributed by atoms with Gasteiger partial charge >= 0.3 is 0 Å². The molecule has 4 aromatic rings. The number of methoxy groups -OCH3 is 2. The molecule has 164 valence electrons. The number of pyridine rings is 1. The molecule has 0 saturated heterocycles. The van der Waals surface area contributed by atoms with Gasteiger partial charge in [0.2, 0.25) is 0 Å². The Morgan fingerprint density at radius 2 is 1.81 bits per heavy atom. The largest absolute Gasteiger partial charge is 0.495 e. The highest BCUT2D eigenvalue weighted by Gasteiger charge is 2.23. The minimum absolute atomic E-state index is 0.161. The molecule has 7 nitrogen and oxygen atoms in total. The molecule has 2 aromatic heterocycles. The second-order valence-corrected chi connectivity index (χ2v) is 8.14. The summed E-state index contributed by atoms with van der Waals surface area (Å²) in [5.74, 6) is 1.57. The Hall–Kier alpha value is -3.36. The van der Waals surface area contributed by atoms with Crippen LogP contribution in [0.25, 0.3) is 10.2 Å². The van der Waals surface area contributed by atoms with E-state index in [1.165, 1.54) is 11.3 Å². The fourth-order valence-corrected chi connectivity index (χ4v) is 4.30. The number of aromatic nitrogens is 2. The molecule has 0 N–H and O–H groups in total. The van der Waals surface area contributed by atoms with E-state index in [1.807, 2.05) is 18.2 Å². The standard InChI is InChI=1S/C23H20ClN3O4S/c1-29-18-9-10-19(30-2)22-21(18)26-23(32-22)27(13-15-4-3-11-25-12-15)20(28)14-31-17-7-5-16(24)6-8-17/h3-12H,13-14H2,1-2H3. The highest BCUT2D eigenvalue weighted by Crippen LogP contribution is 2.40. The number of carbonyl (C=O) groups excluding carboxylic acids is 1. The Morgan fingerprint density at radius 1 is 1.06 bits per heavy atom. The van der Waals surface area contributed by atoms with Gasteiger partial charge in [-0.1, -0.05) is 29.0 Å². The van der Waals surface area contributed by atoms with Gasteiger partial charge in [-0.05, 0) is 48.0 Å². The zero-order chi connectivity index (χ0) is 22.5. The van der Waals surface area contributed by atoms with Crippen LogP contribution in [0.1, 0.15) is 5.56 Å². The Bertz CT molecular complexity index is 1170. The van der Waals surface area contributed by atoms with Gasteiger partial charge in [-0.25, -0.2) is 4.98 Å². The summed E-state index contributed by atoms with van der Waals surface area (Å²) < 4.78 is 17.4. The van der Waals surface area contributed by atoms with Gasteiger partial charge in [-0.2, -0.15) is 0 Å². The third-order valence-electron chi connectivity index (χ3n) is 4.67. The number of carbonyl (C=O) groups is 1. The molecule has 0 aliphatic heterocycles. The first-order valence-corrected chi connectivity index (χ1v) is 10.9.